The summed E-state index contributed by atoms with van der Waals surface area (Å²) < 4.78 is 11.2. The monoisotopic (exact) mass is 442 g/mol. The van der Waals surface area contributed by atoms with Crippen molar-refractivity contribution in [2.75, 3.05) is 26.2 Å². The van der Waals surface area contributed by atoms with Crippen LogP contribution in [0.25, 0.3) is 22.2 Å². The maximum Gasteiger partial charge on any atom is 0.257 e. The zero-order chi connectivity index (χ0) is 20.3. The van der Waals surface area contributed by atoms with E-state index in [1.165, 1.54) is 0 Å². The van der Waals surface area contributed by atoms with E-state index in [1.54, 1.807) is 11.3 Å². The fourth-order valence-electron chi connectivity index (χ4n) is 3.34. The average Bonchev–Trinajstić information content (AvgIpc) is 3.52. The Morgan fingerprint density at radius 1 is 0.933 bits per heavy atom. The van der Waals surface area contributed by atoms with Crippen LogP contribution in [-0.2, 0) is 13.1 Å². The lowest BCUT2D eigenvalue weighted by molar-refractivity contribution is 0.106. The van der Waals surface area contributed by atoms with Gasteiger partial charge in [-0.25, -0.2) is 0 Å². The molecular weight excluding hydrogens is 424 g/mol. The summed E-state index contributed by atoms with van der Waals surface area (Å²) in [4.78, 5) is 10.1. The lowest BCUT2D eigenvalue weighted by Gasteiger charge is -2.32. The van der Waals surface area contributed by atoms with E-state index in [4.69, 9.17) is 20.5 Å². The topological polar surface area (TPSA) is 84.3 Å². The van der Waals surface area contributed by atoms with Crippen LogP contribution in [0.5, 0.6) is 0 Å². The molecule has 3 aromatic heterocycles. The van der Waals surface area contributed by atoms with Crippen LogP contribution in [-0.4, -0.2) is 56.3 Å². The molecule has 154 valence electrons. The highest BCUT2D eigenvalue weighted by atomic mass is 35.5. The molecule has 0 radical (unpaired) electrons. The van der Waals surface area contributed by atoms with E-state index < -0.39 is 0 Å². The van der Waals surface area contributed by atoms with Gasteiger partial charge in [-0.1, -0.05) is 22.8 Å². The van der Waals surface area contributed by atoms with Crippen LogP contribution in [0.4, 0.5) is 0 Å². The Balaban J connectivity index is 1.13. The molecule has 4 aromatic rings. The number of nitrogens with zero attached hydrogens (tertiary/aromatic N) is 6. The summed E-state index contributed by atoms with van der Waals surface area (Å²) in [5.74, 6) is 2.44. The molecule has 10 heteroatoms. The van der Waals surface area contributed by atoms with Crippen LogP contribution in [0.15, 0.2) is 50.7 Å². The van der Waals surface area contributed by atoms with Crippen LogP contribution in [0.3, 0.4) is 0 Å². The maximum atomic E-state index is 5.93. The largest absolute Gasteiger partial charge is 0.419 e. The number of rotatable bonds is 6. The normalized spacial score (nSPS) is 15.6. The molecule has 0 saturated carbocycles. The molecule has 1 aliphatic heterocycles. The molecule has 0 atom stereocenters. The van der Waals surface area contributed by atoms with Gasteiger partial charge in [-0.05, 0) is 35.7 Å². The molecule has 0 N–H and O–H groups in total. The van der Waals surface area contributed by atoms with Crippen molar-refractivity contribution in [2.24, 2.45) is 0 Å². The van der Waals surface area contributed by atoms with Crippen molar-refractivity contribution >= 4 is 22.9 Å². The number of aromatic nitrogens is 4. The summed E-state index contributed by atoms with van der Waals surface area (Å²) in [6, 6.07) is 11.4. The molecule has 8 nitrogen and oxygen atoms in total. The van der Waals surface area contributed by atoms with Gasteiger partial charge in [0.05, 0.1) is 18.0 Å². The SMILES string of the molecule is Clc1ccc(-c2noc(CN3CCN(Cc4nnc(-c5cccs5)o4)CC3)n2)cc1. The van der Waals surface area contributed by atoms with Crippen LogP contribution in [0.1, 0.15) is 11.8 Å². The molecule has 5 rings (SSSR count). The molecule has 4 heterocycles. The van der Waals surface area contributed by atoms with Crippen molar-refractivity contribution in [2.45, 2.75) is 13.1 Å². The molecule has 1 saturated heterocycles. The molecule has 1 aliphatic rings. The summed E-state index contributed by atoms with van der Waals surface area (Å²) in [6.45, 7) is 4.93. The Bertz CT molecular complexity index is 1090. The highest BCUT2D eigenvalue weighted by molar-refractivity contribution is 7.13. The van der Waals surface area contributed by atoms with Crippen molar-refractivity contribution < 1.29 is 8.94 Å². The summed E-state index contributed by atoms with van der Waals surface area (Å²) in [6.07, 6.45) is 0. The minimum absolute atomic E-state index is 0.582. The Morgan fingerprint density at radius 2 is 1.67 bits per heavy atom. The first-order valence-corrected chi connectivity index (χ1v) is 10.9. The van der Waals surface area contributed by atoms with E-state index in [2.05, 4.69) is 30.1 Å². The second-order valence-electron chi connectivity index (χ2n) is 7.05. The van der Waals surface area contributed by atoms with Crippen molar-refractivity contribution in [3.63, 3.8) is 0 Å². The van der Waals surface area contributed by atoms with Gasteiger partial charge in [0.1, 0.15) is 0 Å². The van der Waals surface area contributed by atoms with Gasteiger partial charge in [0, 0.05) is 36.8 Å². The molecule has 0 spiro atoms. The van der Waals surface area contributed by atoms with E-state index in [0.29, 0.717) is 41.6 Å². The molecule has 30 heavy (non-hydrogen) atoms. The van der Waals surface area contributed by atoms with Crippen molar-refractivity contribution in [1.29, 1.82) is 0 Å². The summed E-state index contributed by atoms with van der Waals surface area (Å²) in [5.41, 5.74) is 0.890. The van der Waals surface area contributed by atoms with Gasteiger partial charge in [-0.3, -0.25) is 9.80 Å². The number of piperazine rings is 1. The number of hydrogen-bond acceptors (Lipinski definition) is 9. The maximum absolute atomic E-state index is 5.93. The lowest BCUT2D eigenvalue weighted by Crippen LogP contribution is -2.45. The van der Waals surface area contributed by atoms with Crippen LogP contribution in [0.2, 0.25) is 5.02 Å². The Kier molecular flexibility index (Phi) is 5.58. The van der Waals surface area contributed by atoms with Gasteiger partial charge < -0.3 is 8.94 Å². The van der Waals surface area contributed by atoms with Gasteiger partial charge in [0.25, 0.3) is 5.89 Å². The molecule has 1 fully saturated rings. The smallest absolute Gasteiger partial charge is 0.257 e. The molecule has 0 amide bonds. The zero-order valence-electron chi connectivity index (χ0n) is 16.1. The first-order valence-electron chi connectivity index (χ1n) is 9.62. The summed E-state index contributed by atoms with van der Waals surface area (Å²) in [7, 11) is 0. The predicted molar refractivity (Wildman–Crippen MR) is 113 cm³/mol. The molecule has 1 aromatic carbocycles. The van der Waals surface area contributed by atoms with Gasteiger partial charge in [-0.15, -0.1) is 21.5 Å². The van der Waals surface area contributed by atoms with Crippen LogP contribution >= 0.6 is 22.9 Å². The van der Waals surface area contributed by atoms with Gasteiger partial charge in [0.2, 0.25) is 17.6 Å². The molecule has 0 aliphatic carbocycles. The van der Waals surface area contributed by atoms with E-state index in [9.17, 15) is 0 Å². The van der Waals surface area contributed by atoms with E-state index in [-0.39, 0.29) is 0 Å². The van der Waals surface area contributed by atoms with Gasteiger partial charge >= 0.3 is 0 Å². The highest BCUT2D eigenvalue weighted by Gasteiger charge is 2.21. The highest BCUT2D eigenvalue weighted by Crippen LogP contribution is 2.23. The van der Waals surface area contributed by atoms with Crippen molar-refractivity contribution in [1.82, 2.24) is 30.1 Å². The van der Waals surface area contributed by atoms with E-state index in [1.807, 2.05) is 41.8 Å². The fraction of sp³-hybridized carbons (Fsp3) is 0.300. The standard InChI is InChI=1S/C20H19ClN6O2S/c21-15-5-3-14(4-6-15)19-22-17(29-25-19)12-26-7-9-27(10-8-26)13-18-23-24-20(28-18)16-2-1-11-30-16/h1-6,11H,7-10,12-13H2. The number of hydrogen-bond donors (Lipinski definition) is 0. The Morgan fingerprint density at radius 3 is 2.37 bits per heavy atom. The number of thiophene rings is 1. The molecular formula is C20H19ClN6O2S. The second-order valence-corrected chi connectivity index (χ2v) is 8.43. The first-order chi connectivity index (χ1) is 14.7. The third-order valence-corrected chi connectivity index (χ3v) is 6.06. The first kappa shape index (κ1) is 19.4. The van der Waals surface area contributed by atoms with Crippen molar-refractivity contribution in [3.05, 3.63) is 58.6 Å². The Labute approximate surface area is 182 Å². The van der Waals surface area contributed by atoms with Gasteiger partial charge in [0.15, 0.2) is 0 Å². The summed E-state index contributed by atoms with van der Waals surface area (Å²) >= 11 is 7.53. The minimum atomic E-state index is 0.582. The quantitative estimate of drug-likeness (QED) is 0.445. The van der Waals surface area contributed by atoms with Crippen LogP contribution in [0, 0.1) is 0 Å². The number of halogens is 1. The van der Waals surface area contributed by atoms with Gasteiger partial charge in [-0.2, -0.15) is 4.98 Å². The fourth-order valence-corrected chi connectivity index (χ4v) is 4.11. The van der Waals surface area contributed by atoms with Crippen molar-refractivity contribution in [3.8, 4) is 22.2 Å². The predicted octanol–water partition coefficient (Wildman–Crippen LogP) is 3.82. The average molecular weight is 443 g/mol. The third-order valence-electron chi connectivity index (χ3n) is 4.95. The minimum Gasteiger partial charge on any atom is -0.419 e. The van der Waals surface area contributed by atoms with E-state index >= 15 is 0 Å². The Hall–Kier alpha value is -2.59. The molecule has 0 unspecified atom stereocenters. The van der Waals surface area contributed by atoms with E-state index in [0.717, 1.165) is 36.6 Å². The third kappa shape index (κ3) is 4.44. The molecule has 0 bridgehead atoms. The summed E-state index contributed by atoms with van der Waals surface area (Å²) in [5, 5.41) is 15.1. The second kappa shape index (κ2) is 8.65. The zero-order valence-corrected chi connectivity index (χ0v) is 17.6. The van der Waals surface area contributed by atoms with Crippen LogP contribution < -0.4 is 0 Å². The number of benzene rings is 1. The lowest BCUT2D eigenvalue weighted by atomic mass is 10.2.